The molecule has 1 amide bonds. The number of ether oxygens (including phenoxy) is 2. The molecule has 0 saturated heterocycles. The molecule has 0 atom stereocenters. The van der Waals surface area contributed by atoms with Crippen LogP contribution >= 0.6 is 0 Å². The maximum Gasteiger partial charge on any atom is 0.251 e. The van der Waals surface area contributed by atoms with Crippen LogP contribution < -0.4 is 14.8 Å². The summed E-state index contributed by atoms with van der Waals surface area (Å²) in [5, 5.41) is 2.94. The smallest absolute Gasteiger partial charge is 0.251 e. The summed E-state index contributed by atoms with van der Waals surface area (Å²) in [6.45, 7) is 12.5. The van der Waals surface area contributed by atoms with E-state index in [1.54, 1.807) is 25.3 Å². The van der Waals surface area contributed by atoms with Gasteiger partial charge >= 0.3 is 0 Å². The highest BCUT2D eigenvalue weighted by Gasteiger charge is 2.11. The molecule has 0 saturated carbocycles. The van der Waals surface area contributed by atoms with Crippen LogP contribution in [0.2, 0.25) is 0 Å². The van der Waals surface area contributed by atoms with Gasteiger partial charge in [0.1, 0.15) is 0 Å². The Morgan fingerprint density at radius 2 is 1.91 bits per heavy atom. The van der Waals surface area contributed by atoms with Crippen molar-refractivity contribution in [2.24, 2.45) is 5.92 Å². The number of nitrogens with zero attached hydrogens (tertiary/aromatic N) is 1. The van der Waals surface area contributed by atoms with Crippen LogP contribution in [0.5, 0.6) is 11.5 Å². The van der Waals surface area contributed by atoms with Gasteiger partial charge in [0.15, 0.2) is 11.5 Å². The monoisotopic (exact) mass is 322 g/mol. The Bertz CT molecular complexity index is 485. The zero-order chi connectivity index (χ0) is 17.2. The van der Waals surface area contributed by atoms with E-state index in [4.69, 9.17) is 9.47 Å². The van der Waals surface area contributed by atoms with Crippen molar-refractivity contribution in [2.75, 3.05) is 39.9 Å². The van der Waals surface area contributed by atoms with Gasteiger partial charge in [-0.15, -0.1) is 0 Å². The van der Waals surface area contributed by atoms with Gasteiger partial charge in [0, 0.05) is 18.7 Å². The van der Waals surface area contributed by atoms with Crippen LogP contribution in [0.25, 0.3) is 0 Å². The zero-order valence-electron chi connectivity index (χ0n) is 15.0. The number of hydrogen-bond donors (Lipinski definition) is 1. The summed E-state index contributed by atoms with van der Waals surface area (Å²) in [6, 6.07) is 5.29. The second-order valence-electron chi connectivity index (χ2n) is 5.85. The van der Waals surface area contributed by atoms with Crippen LogP contribution in [0.3, 0.4) is 0 Å². The molecule has 5 heteroatoms. The first-order valence-corrected chi connectivity index (χ1v) is 8.33. The predicted octanol–water partition coefficient (Wildman–Crippen LogP) is 2.80. The largest absolute Gasteiger partial charge is 0.493 e. The van der Waals surface area contributed by atoms with E-state index < -0.39 is 0 Å². The molecule has 0 fully saturated rings. The molecule has 1 rings (SSSR count). The van der Waals surface area contributed by atoms with Crippen molar-refractivity contribution >= 4 is 5.91 Å². The van der Waals surface area contributed by atoms with Crippen LogP contribution in [-0.2, 0) is 0 Å². The van der Waals surface area contributed by atoms with Crippen LogP contribution in [0.1, 0.15) is 38.1 Å². The third-order valence-corrected chi connectivity index (χ3v) is 3.61. The van der Waals surface area contributed by atoms with Crippen molar-refractivity contribution in [1.82, 2.24) is 10.2 Å². The lowest BCUT2D eigenvalue weighted by Crippen LogP contribution is -2.34. The van der Waals surface area contributed by atoms with Gasteiger partial charge in [-0.2, -0.15) is 0 Å². The standard InChI is InChI=1S/C18H30N2O3/c1-6-20(7-2)11-10-19-18(21)15-8-9-16(17(12-15)22-5)23-13-14(3)4/h8-9,12,14H,6-7,10-11,13H2,1-5H3,(H,19,21). The number of rotatable bonds is 10. The minimum Gasteiger partial charge on any atom is -0.493 e. The molecule has 0 aliphatic heterocycles. The average molecular weight is 322 g/mol. The first kappa shape index (κ1) is 19.3. The zero-order valence-corrected chi connectivity index (χ0v) is 15.0. The summed E-state index contributed by atoms with van der Waals surface area (Å²) < 4.78 is 11.0. The number of nitrogens with one attached hydrogen (secondary N) is 1. The van der Waals surface area contributed by atoms with Crippen LogP contribution in [0, 0.1) is 5.92 Å². The van der Waals surface area contributed by atoms with Crippen LogP contribution in [0.15, 0.2) is 18.2 Å². The number of benzene rings is 1. The minimum atomic E-state index is -0.0918. The summed E-state index contributed by atoms with van der Waals surface area (Å²) in [5.74, 6) is 1.59. The van der Waals surface area contributed by atoms with E-state index in [-0.39, 0.29) is 5.91 Å². The molecule has 0 aliphatic carbocycles. The van der Waals surface area contributed by atoms with E-state index in [0.29, 0.717) is 36.1 Å². The lowest BCUT2D eigenvalue weighted by molar-refractivity contribution is 0.0948. The number of methoxy groups -OCH3 is 1. The van der Waals surface area contributed by atoms with E-state index in [0.717, 1.165) is 19.6 Å². The van der Waals surface area contributed by atoms with Gasteiger partial charge in [0.05, 0.1) is 13.7 Å². The van der Waals surface area contributed by atoms with Crippen molar-refractivity contribution in [1.29, 1.82) is 0 Å². The lowest BCUT2D eigenvalue weighted by Gasteiger charge is -2.18. The van der Waals surface area contributed by atoms with Crippen molar-refractivity contribution < 1.29 is 14.3 Å². The van der Waals surface area contributed by atoms with Crippen LogP contribution in [-0.4, -0.2) is 50.7 Å². The molecule has 0 heterocycles. The van der Waals surface area contributed by atoms with Crippen LogP contribution in [0.4, 0.5) is 0 Å². The molecular weight excluding hydrogens is 292 g/mol. The molecule has 5 nitrogen and oxygen atoms in total. The van der Waals surface area contributed by atoms with E-state index in [9.17, 15) is 4.79 Å². The Kier molecular flexibility index (Phi) is 8.48. The number of likely N-dealkylation sites (N-methyl/N-ethyl adjacent to an activating group) is 1. The van der Waals surface area contributed by atoms with Gasteiger partial charge in [-0.25, -0.2) is 0 Å². The topological polar surface area (TPSA) is 50.8 Å². The van der Waals surface area contributed by atoms with Gasteiger partial charge in [-0.05, 0) is 37.2 Å². The van der Waals surface area contributed by atoms with Crippen molar-refractivity contribution in [3.8, 4) is 11.5 Å². The molecule has 0 unspecified atom stereocenters. The van der Waals surface area contributed by atoms with Crippen molar-refractivity contribution in [2.45, 2.75) is 27.7 Å². The SMILES string of the molecule is CCN(CC)CCNC(=O)c1ccc(OCC(C)C)c(OC)c1. The molecular formula is C18H30N2O3. The van der Waals surface area contributed by atoms with Gasteiger partial charge < -0.3 is 19.7 Å². The molecule has 0 aliphatic rings. The number of carbonyl (C=O) groups excluding carboxylic acids is 1. The lowest BCUT2D eigenvalue weighted by atomic mass is 10.2. The highest BCUT2D eigenvalue weighted by Crippen LogP contribution is 2.28. The molecule has 130 valence electrons. The van der Waals surface area contributed by atoms with E-state index in [2.05, 4.69) is 37.9 Å². The maximum atomic E-state index is 12.2. The first-order chi connectivity index (χ1) is 11.0. The molecule has 1 aromatic rings. The number of hydrogen-bond acceptors (Lipinski definition) is 4. The molecule has 0 bridgehead atoms. The molecule has 23 heavy (non-hydrogen) atoms. The third-order valence-electron chi connectivity index (χ3n) is 3.61. The third kappa shape index (κ3) is 6.48. The Balaban J connectivity index is 2.63. The second-order valence-corrected chi connectivity index (χ2v) is 5.85. The minimum absolute atomic E-state index is 0.0918. The molecule has 1 N–H and O–H groups in total. The Labute approximate surface area is 140 Å². The van der Waals surface area contributed by atoms with Gasteiger partial charge in [0.2, 0.25) is 0 Å². The molecule has 0 spiro atoms. The van der Waals surface area contributed by atoms with E-state index >= 15 is 0 Å². The fourth-order valence-corrected chi connectivity index (χ4v) is 2.15. The first-order valence-electron chi connectivity index (χ1n) is 8.33. The summed E-state index contributed by atoms with van der Waals surface area (Å²) in [5.41, 5.74) is 0.582. The Morgan fingerprint density at radius 1 is 1.22 bits per heavy atom. The van der Waals surface area contributed by atoms with Gasteiger partial charge in [-0.3, -0.25) is 4.79 Å². The summed E-state index contributed by atoms with van der Waals surface area (Å²) >= 11 is 0. The fourth-order valence-electron chi connectivity index (χ4n) is 2.15. The summed E-state index contributed by atoms with van der Waals surface area (Å²) in [7, 11) is 1.58. The number of amides is 1. The molecule has 0 aromatic heterocycles. The van der Waals surface area contributed by atoms with Crippen molar-refractivity contribution in [3.05, 3.63) is 23.8 Å². The van der Waals surface area contributed by atoms with E-state index in [1.807, 2.05) is 0 Å². The maximum absolute atomic E-state index is 12.2. The Hall–Kier alpha value is -1.75. The Morgan fingerprint density at radius 3 is 2.48 bits per heavy atom. The second kappa shape index (κ2) is 10.1. The molecule has 0 radical (unpaired) electrons. The predicted molar refractivity (Wildman–Crippen MR) is 93.4 cm³/mol. The summed E-state index contributed by atoms with van der Waals surface area (Å²) in [6.07, 6.45) is 0. The highest BCUT2D eigenvalue weighted by molar-refractivity contribution is 5.94. The molecule has 1 aromatic carbocycles. The van der Waals surface area contributed by atoms with Gasteiger partial charge in [0.25, 0.3) is 5.91 Å². The van der Waals surface area contributed by atoms with Crippen molar-refractivity contribution in [3.63, 3.8) is 0 Å². The normalized spacial score (nSPS) is 10.9. The highest BCUT2D eigenvalue weighted by atomic mass is 16.5. The quantitative estimate of drug-likeness (QED) is 0.720. The fraction of sp³-hybridized carbons (Fsp3) is 0.611. The summed E-state index contributed by atoms with van der Waals surface area (Å²) in [4.78, 5) is 14.5. The van der Waals surface area contributed by atoms with E-state index in [1.165, 1.54) is 0 Å². The van der Waals surface area contributed by atoms with Gasteiger partial charge in [-0.1, -0.05) is 27.7 Å². The average Bonchev–Trinajstić information content (AvgIpc) is 2.56. The number of carbonyl (C=O) groups is 1.